The van der Waals surface area contributed by atoms with Crippen LogP contribution in [0.25, 0.3) is 0 Å². The van der Waals surface area contributed by atoms with Gasteiger partial charge in [0.2, 0.25) is 0 Å². The van der Waals surface area contributed by atoms with E-state index in [0.717, 1.165) is 89.9 Å². The van der Waals surface area contributed by atoms with E-state index in [4.69, 9.17) is 9.84 Å². The molecule has 0 saturated carbocycles. The number of hydrogen-bond donors (Lipinski definition) is 1. The molecule has 1 unspecified atom stereocenters. The van der Waals surface area contributed by atoms with Crippen LogP contribution in [0.5, 0.6) is 0 Å². The van der Waals surface area contributed by atoms with Crippen LogP contribution < -0.4 is 0 Å². The van der Waals surface area contributed by atoms with E-state index in [1.165, 1.54) is 57.8 Å². The van der Waals surface area contributed by atoms with Crippen molar-refractivity contribution in [2.75, 3.05) is 0 Å². The number of carboxylic acids is 1. The Balaban J connectivity index is 3.57. The molecule has 1 atom stereocenters. The topological polar surface area (TPSA) is 63.6 Å². The van der Waals surface area contributed by atoms with Crippen molar-refractivity contribution in [3.8, 4) is 0 Å². The van der Waals surface area contributed by atoms with Crippen LogP contribution >= 0.6 is 0 Å². The third kappa shape index (κ3) is 34.1. The molecular formula is C40H68O4. The normalized spacial score (nSPS) is 13.0. The third-order valence-electron chi connectivity index (χ3n) is 7.83. The van der Waals surface area contributed by atoms with Crippen molar-refractivity contribution in [1.29, 1.82) is 0 Å². The van der Waals surface area contributed by atoms with Gasteiger partial charge in [0.25, 0.3) is 0 Å². The lowest BCUT2D eigenvalue weighted by molar-refractivity contribution is -0.149. The Labute approximate surface area is 272 Å². The molecule has 0 fully saturated rings. The Hall–Kier alpha value is -2.36. The number of hydrogen-bond acceptors (Lipinski definition) is 3. The first-order chi connectivity index (χ1) is 21.6. The molecule has 0 bridgehead atoms. The van der Waals surface area contributed by atoms with Gasteiger partial charge in [-0.2, -0.15) is 0 Å². The summed E-state index contributed by atoms with van der Waals surface area (Å²) in [6.07, 6.45) is 48.9. The predicted octanol–water partition coefficient (Wildman–Crippen LogP) is 12.6. The molecule has 0 aliphatic rings. The highest BCUT2D eigenvalue weighted by molar-refractivity contribution is 5.69. The van der Waals surface area contributed by atoms with Crippen LogP contribution in [-0.4, -0.2) is 23.1 Å². The van der Waals surface area contributed by atoms with Crippen molar-refractivity contribution < 1.29 is 19.4 Å². The molecule has 0 rings (SSSR count). The second-order valence-electron chi connectivity index (χ2n) is 12.0. The molecule has 44 heavy (non-hydrogen) atoms. The molecule has 0 spiro atoms. The zero-order chi connectivity index (χ0) is 32.2. The quantitative estimate of drug-likeness (QED) is 0.0466. The number of unbranched alkanes of at least 4 members (excludes halogenated alkanes) is 14. The Morgan fingerprint density at radius 3 is 1.41 bits per heavy atom. The summed E-state index contributed by atoms with van der Waals surface area (Å²) in [6.45, 7) is 4.28. The number of carboxylic acid groups (broad SMARTS) is 1. The zero-order valence-corrected chi connectivity index (χ0v) is 28.7. The third-order valence-corrected chi connectivity index (χ3v) is 7.83. The van der Waals surface area contributed by atoms with Crippen LogP contribution in [0.3, 0.4) is 0 Å². The number of aliphatic carboxylic acids is 1. The maximum Gasteiger partial charge on any atom is 0.306 e. The van der Waals surface area contributed by atoms with Crippen LogP contribution in [-0.2, 0) is 14.3 Å². The van der Waals surface area contributed by atoms with Crippen molar-refractivity contribution in [1.82, 2.24) is 0 Å². The molecular weight excluding hydrogens is 544 g/mol. The summed E-state index contributed by atoms with van der Waals surface area (Å²) in [6, 6.07) is 0. The summed E-state index contributed by atoms with van der Waals surface area (Å²) in [5, 5.41) is 8.65. The Morgan fingerprint density at radius 2 is 0.932 bits per heavy atom. The molecule has 0 amide bonds. The molecule has 0 aromatic rings. The van der Waals surface area contributed by atoms with Crippen molar-refractivity contribution in [2.45, 2.75) is 180 Å². The first-order valence-electron chi connectivity index (χ1n) is 18.3. The summed E-state index contributed by atoms with van der Waals surface area (Å²) in [5.74, 6) is -0.695. The second kappa shape index (κ2) is 35.1. The van der Waals surface area contributed by atoms with Crippen molar-refractivity contribution in [2.24, 2.45) is 0 Å². The monoisotopic (exact) mass is 613 g/mol. The van der Waals surface area contributed by atoms with Gasteiger partial charge in [-0.15, -0.1) is 0 Å². The molecule has 0 aliphatic carbocycles. The van der Waals surface area contributed by atoms with Gasteiger partial charge < -0.3 is 9.84 Å². The van der Waals surface area contributed by atoms with Crippen LogP contribution in [0, 0.1) is 0 Å². The smallest absolute Gasteiger partial charge is 0.306 e. The summed E-state index contributed by atoms with van der Waals surface area (Å²) in [7, 11) is 0. The van der Waals surface area contributed by atoms with Gasteiger partial charge in [0.15, 0.2) is 0 Å². The average molecular weight is 613 g/mol. The maximum absolute atomic E-state index is 12.3. The van der Waals surface area contributed by atoms with Gasteiger partial charge in [-0.25, -0.2) is 0 Å². The number of rotatable bonds is 32. The van der Waals surface area contributed by atoms with E-state index < -0.39 is 5.97 Å². The van der Waals surface area contributed by atoms with Crippen LogP contribution in [0.2, 0.25) is 0 Å². The lowest BCUT2D eigenvalue weighted by Gasteiger charge is -2.16. The molecule has 0 aliphatic heterocycles. The molecule has 4 heteroatoms. The van der Waals surface area contributed by atoms with E-state index in [9.17, 15) is 9.59 Å². The lowest BCUT2D eigenvalue weighted by Crippen LogP contribution is -2.17. The summed E-state index contributed by atoms with van der Waals surface area (Å²) >= 11 is 0. The van der Waals surface area contributed by atoms with Gasteiger partial charge in [0.05, 0.1) is 0 Å². The van der Waals surface area contributed by atoms with Crippen LogP contribution in [0.4, 0.5) is 0 Å². The fourth-order valence-corrected chi connectivity index (χ4v) is 5.08. The van der Waals surface area contributed by atoms with Gasteiger partial charge in [0, 0.05) is 12.8 Å². The van der Waals surface area contributed by atoms with Gasteiger partial charge in [0.1, 0.15) is 6.10 Å². The average Bonchev–Trinajstić information content (AvgIpc) is 3.01. The first-order valence-corrected chi connectivity index (χ1v) is 18.3. The molecule has 0 saturated heterocycles. The Morgan fingerprint density at radius 1 is 0.523 bits per heavy atom. The summed E-state index contributed by atoms with van der Waals surface area (Å²) < 4.78 is 5.76. The van der Waals surface area contributed by atoms with Gasteiger partial charge in [-0.05, 0) is 77.0 Å². The maximum atomic E-state index is 12.3. The van der Waals surface area contributed by atoms with Crippen molar-refractivity contribution >= 4 is 11.9 Å². The summed E-state index contributed by atoms with van der Waals surface area (Å²) in [5.41, 5.74) is 0. The van der Waals surface area contributed by atoms with Crippen molar-refractivity contribution in [3.05, 3.63) is 60.8 Å². The number of carbonyl (C=O) groups is 2. The minimum absolute atomic E-state index is 0.0198. The fourth-order valence-electron chi connectivity index (χ4n) is 5.08. The highest BCUT2D eigenvalue weighted by Crippen LogP contribution is 2.16. The molecule has 1 N–H and O–H groups in total. The molecule has 4 nitrogen and oxygen atoms in total. The second-order valence-corrected chi connectivity index (χ2v) is 12.0. The first kappa shape index (κ1) is 41.6. The van der Waals surface area contributed by atoms with E-state index >= 15 is 0 Å². The van der Waals surface area contributed by atoms with E-state index in [2.05, 4.69) is 74.6 Å². The largest absolute Gasteiger partial charge is 0.481 e. The molecule has 252 valence electrons. The van der Waals surface area contributed by atoms with E-state index in [0.29, 0.717) is 12.8 Å². The van der Waals surface area contributed by atoms with Gasteiger partial charge in [-0.1, -0.05) is 145 Å². The number of carbonyl (C=O) groups excluding carboxylic acids is 1. The van der Waals surface area contributed by atoms with Crippen molar-refractivity contribution in [3.63, 3.8) is 0 Å². The highest BCUT2D eigenvalue weighted by atomic mass is 16.5. The van der Waals surface area contributed by atoms with E-state index in [1.807, 2.05) is 0 Å². The lowest BCUT2D eigenvalue weighted by atomic mass is 10.0. The Kier molecular flexibility index (Phi) is 33.2. The summed E-state index contributed by atoms with van der Waals surface area (Å²) in [4.78, 5) is 22.8. The standard InChI is InChI=1S/C40H68O4/c1-3-5-6-7-8-9-10-11-12-13-14-15-16-17-22-25-28-31-34-37-40(43)44-38(4-2)35-32-29-26-23-20-18-19-21-24-27-30-33-36-39(41)42/h5-6,8-9,11-12,14-15,17,22,38H,3-4,7,10,13,16,18-21,23-37H2,1-2H3,(H,41,42)/b6-5-,9-8-,12-11-,15-14-,22-17-. The Bertz CT molecular complexity index is 789. The van der Waals surface area contributed by atoms with Crippen LogP contribution in [0.15, 0.2) is 60.8 Å². The molecule has 0 aromatic heterocycles. The fraction of sp³-hybridized carbons (Fsp3) is 0.700. The molecule has 0 heterocycles. The van der Waals surface area contributed by atoms with Gasteiger partial charge >= 0.3 is 11.9 Å². The SMILES string of the molecule is CC/C=C\C/C=C\C/C=C\C/C=C\C/C=C\CCCCCC(=O)OC(CC)CCCCCCCCCCCCCCC(=O)O. The minimum atomic E-state index is -0.675. The van der Waals surface area contributed by atoms with E-state index in [-0.39, 0.29) is 12.1 Å². The van der Waals surface area contributed by atoms with Crippen LogP contribution in [0.1, 0.15) is 174 Å². The number of allylic oxidation sites excluding steroid dienone is 10. The number of ether oxygens (including phenoxy) is 1. The number of esters is 1. The zero-order valence-electron chi connectivity index (χ0n) is 28.7. The predicted molar refractivity (Wildman–Crippen MR) is 190 cm³/mol. The van der Waals surface area contributed by atoms with E-state index in [1.54, 1.807) is 0 Å². The van der Waals surface area contributed by atoms with Gasteiger partial charge in [-0.3, -0.25) is 9.59 Å². The highest BCUT2D eigenvalue weighted by Gasteiger charge is 2.12. The minimum Gasteiger partial charge on any atom is -0.481 e. The molecule has 0 aromatic carbocycles. The molecule has 0 radical (unpaired) electrons.